The number of Topliss-reactive ketones (excluding diaryl/α,β-unsaturated/α-hetero) is 2. The highest BCUT2D eigenvalue weighted by Gasteiger charge is 2.23. The van der Waals surface area contributed by atoms with Gasteiger partial charge >= 0.3 is 0 Å². The molecule has 218 valence electrons. The molecule has 0 aromatic heterocycles. The van der Waals surface area contributed by atoms with E-state index < -0.39 is 0 Å². The molecule has 1 aliphatic rings. The van der Waals surface area contributed by atoms with E-state index in [1.165, 1.54) is 49.7 Å². The third-order valence-corrected chi connectivity index (χ3v) is 7.93. The molecular formula is C36H51NO3. The zero-order valence-electron chi connectivity index (χ0n) is 25.3. The van der Waals surface area contributed by atoms with Crippen LogP contribution in [0.2, 0.25) is 0 Å². The highest BCUT2D eigenvalue weighted by Crippen LogP contribution is 2.30. The Kier molecular flexibility index (Phi) is 16.1. The molecule has 0 radical (unpaired) electrons. The fraction of sp³-hybridized carbons (Fsp3) is 0.528. The fourth-order valence-corrected chi connectivity index (χ4v) is 5.64. The summed E-state index contributed by atoms with van der Waals surface area (Å²) in [6.45, 7) is 8.96. The Morgan fingerprint density at radius 2 is 1.45 bits per heavy atom. The average Bonchev–Trinajstić information content (AvgIpc) is 3.20. The van der Waals surface area contributed by atoms with Crippen molar-refractivity contribution in [2.75, 3.05) is 0 Å². The normalized spacial score (nSPS) is 18.0. The number of carbonyl (C=O) groups is 3. The molecule has 3 atom stereocenters. The van der Waals surface area contributed by atoms with E-state index in [2.05, 4.69) is 36.1 Å². The van der Waals surface area contributed by atoms with Gasteiger partial charge in [-0.25, -0.2) is 0 Å². The number of carbonyl (C=O) groups excluding carboxylic acids is 3. The van der Waals surface area contributed by atoms with Crippen LogP contribution in [0.15, 0.2) is 72.8 Å². The number of hydrogen-bond acceptors (Lipinski definition) is 4. The highest BCUT2D eigenvalue weighted by atomic mass is 16.1. The zero-order valence-corrected chi connectivity index (χ0v) is 25.3. The summed E-state index contributed by atoms with van der Waals surface area (Å²) in [6.07, 6.45) is 14.4. The molecule has 0 spiro atoms. The minimum absolute atomic E-state index is 0.125. The Morgan fingerprint density at radius 3 is 1.95 bits per heavy atom. The third-order valence-electron chi connectivity index (χ3n) is 7.93. The topological polar surface area (TPSA) is 54.5 Å². The Morgan fingerprint density at radius 1 is 0.875 bits per heavy atom. The van der Waals surface area contributed by atoms with Gasteiger partial charge < -0.3 is 0 Å². The predicted molar refractivity (Wildman–Crippen MR) is 166 cm³/mol. The molecule has 4 nitrogen and oxygen atoms in total. The van der Waals surface area contributed by atoms with Gasteiger partial charge in [0, 0.05) is 25.4 Å². The molecule has 3 rings (SSSR count). The minimum Gasteiger partial charge on any atom is -0.300 e. The summed E-state index contributed by atoms with van der Waals surface area (Å²) in [5.41, 5.74) is 2.38. The summed E-state index contributed by atoms with van der Waals surface area (Å²) >= 11 is 0. The third kappa shape index (κ3) is 13.0. The molecule has 0 amide bonds. The molecular weight excluding hydrogens is 494 g/mol. The molecule has 0 N–H and O–H groups in total. The summed E-state index contributed by atoms with van der Waals surface area (Å²) in [6, 6.07) is 20.3. The van der Waals surface area contributed by atoms with Gasteiger partial charge in [0.15, 0.2) is 5.78 Å². The van der Waals surface area contributed by atoms with Gasteiger partial charge in [0.2, 0.25) is 0 Å². The Labute approximate surface area is 243 Å². The number of benzene rings is 2. The van der Waals surface area contributed by atoms with Crippen molar-refractivity contribution in [1.29, 1.82) is 0 Å². The molecule has 0 aliphatic heterocycles. The quantitative estimate of drug-likeness (QED) is 0.176. The Bertz CT molecular complexity index is 989. The van der Waals surface area contributed by atoms with Crippen LogP contribution >= 0.6 is 0 Å². The second-order valence-electron chi connectivity index (χ2n) is 11.3. The van der Waals surface area contributed by atoms with Gasteiger partial charge in [-0.3, -0.25) is 19.3 Å². The summed E-state index contributed by atoms with van der Waals surface area (Å²) in [5, 5.41) is 0. The van der Waals surface area contributed by atoms with E-state index >= 15 is 0 Å². The lowest BCUT2D eigenvalue weighted by Crippen LogP contribution is -2.39. The first kappa shape index (κ1) is 33.4. The number of rotatable bonds is 14. The number of allylic oxidation sites excluding steroid dienone is 2. The zero-order chi connectivity index (χ0) is 29.2. The standard InChI is InChI=1S/C24H29NO2.C12H22O/c1-3-23(27)16-10-11-17-24(20(2)26)25(18-21-12-6-4-7-13-21)19-22-14-8-5-9-15-22;1-3-6-11-7-4-5-8-12(9-11)10(2)13/h4-10,12-16,24H,3,11,17-19H2,1-2H3;11-12H,3-9H2,1-2H3/b16-10+;/t24-;11-,12+/m11/s1. The molecule has 4 heteroatoms. The predicted octanol–water partition coefficient (Wildman–Crippen LogP) is 8.53. The number of nitrogens with zero attached hydrogens (tertiary/aromatic N) is 1. The SMILES string of the molecule is CCC(=O)/C=C/CC[C@H](C(C)=O)N(Cc1ccccc1)Cc1ccccc1.CCC[C@@H]1CCCC[C@H](C(C)=O)C1. The van der Waals surface area contributed by atoms with Gasteiger partial charge in [0.1, 0.15) is 11.6 Å². The van der Waals surface area contributed by atoms with Crippen molar-refractivity contribution in [3.63, 3.8) is 0 Å². The molecule has 1 fully saturated rings. The molecule has 0 heterocycles. The monoisotopic (exact) mass is 545 g/mol. The van der Waals surface area contributed by atoms with Crippen LogP contribution in [0.3, 0.4) is 0 Å². The van der Waals surface area contributed by atoms with Crippen LogP contribution in [-0.4, -0.2) is 28.3 Å². The highest BCUT2D eigenvalue weighted by molar-refractivity contribution is 5.89. The molecule has 2 aromatic rings. The molecule has 0 unspecified atom stereocenters. The van der Waals surface area contributed by atoms with Crippen molar-refractivity contribution in [3.05, 3.63) is 83.9 Å². The van der Waals surface area contributed by atoms with Crippen molar-refractivity contribution in [3.8, 4) is 0 Å². The van der Waals surface area contributed by atoms with Gasteiger partial charge in [0.05, 0.1) is 6.04 Å². The molecule has 0 saturated heterocycles. The maximum atomic E-state index is 12.4. The van der Waals surface area contributed by atoms with Gasteiger partial charge in [-0.1, -0.05) is 113 Å². The molecule has 40 heavy (non-hydrogen) atoms. The lowest BCUT2D eigenvalue weighted by atomic mass is 9.88. The molecule has 1 saturated carbocycles. The Balaban J connectivity index is 0.000000360. The fourth-order valence-electron chi connectivity index (χ4n) is 5.64. The summed E-state index contributed by atoms with van der Waals surface area (Å²) in [4.78, 5) is 37.4. The van der Waals surface area contributed by atoms with E-state index in [4.69, 9.17) is 0 Å². The van der Waals surface area contributed by atoms with E-state index in [-0.39, 0.29) is 17.6 Å². The summed E-state index contributed by atoms with van der Waals surface area (Å²) < 4.78 is 0. The maximum absolute atomic E-state index is 12.4. The first-order chi connectivity index (χ1) is 19.3. The van der Waals surface area contributed by atoms with Crippen LogP contribution in [0.5, 0.6) is 0 Å². The second-order valence-corrected chi connectivity index (χ2v) is 11.3. The summed E-state index contributed by atoms with van der Waals surface area (Å²) in [7, 11) is 0. The van der Waals surface area contributed by atoms with Crippen molar-refractivity contribution in [2.24, 2.45) is 11.8 Å². The van der Waals surface area contributed by atoms with E-state index in [1.807, 2.05) is 49.4 Å². The molecule has 1 aliphatic carbocycles. The lowest BCUT2D eigenvalue weighted by molar-refractivity contribution is -0.123. The molecule has 2 aromatic carbocycles. The van der Waals surface area contributed by atoms with Gasteiger partial charge in [-0.15, -0.1) is 0 Å². The van der Waals surface area contributed by atoms with Gasteiger partial charge in [-0.2, -0.15) is 0 Å². The van der Waals surface area contributed by atoms with Crippen LogP contribution in [0.4, 0.5) is 0 Å². The average molecular weight is 546 g/mol. The van der Waals surface area contributed by atoms with Crippen molar-refractivity contribution < 1.29 is 14.4 Å². The van der Waals surface area contributed by atoms with E-state index in [9.17, 15) is 14.4 Å². The van der Waals surface area contributed by atoms with Crippen molar-refractivity contribution in [1.82, 2.24) is 4.90 Å². The lowest BCUT2D eigenvalue weighted by Gasteiger charge is -2.30. The van der Waals surface area contributed by atoms with Crippen LogP contribution in [0.25, 0.3) is 0 Å². The van der Waals surface area contributed by atoms with Crippen molar-refractivity contribution in [2.45, 2.75) is 111 Å². The first-order valence-electron chi connectivity index (χ1n) is 15.4. The summed E-state index contributed by atoms with van der Waals surface area (Å²) in [5.74, 6) is 1.93. The van der Waals surface area contributed by atoms with Crippen LogP contribution in [0, 0.1) is 11.8 Å². The van der Waals surface area contributed by atoms with Crippen LogP contribution < -0.4 is 0 Å². The molecule has 0 bridgehead atoms. The second kappa shape index (κ2) is 19.3. The smallest absolute Gasteiger partial charge is 0.155 e. The van der Waals surface area contributed by atoms with E-state index in [0.717, 1.165) is 31.8 Å². The van der Waals surface area contributed by atoms with Crippen LogP contribution in [-0.2, 0) is 27.5 Å². The minimum atomic E-state index is -0.174. The van der Waals surface area contributed by atoms with Gasteiger partial charge in [0.25, 0.3) is 0 Å². The van der Waals surface area contributed by atoms with Crippen molar-refractivity contribution >= 4 is 17.3 Å². The van der Waals surface area contributed by atoms with Crippen LogP contribution in [0.1, 0.15) is 103 Å². The number of hydrogen-bond donors (Lipinski definition) is 0. The Hall–Kier alpha value is -2.85. The van der Waals surface area contributed by atoms with E-state index in [0.29, 0.717) is 24.5 Å². The first-order valence-corrected chi connectivity index (χ1v) is 15.4. The van der Waals surface area contributed by atoms with Gasteiger partial charge in [-0.05, 0) is 62.7 Å². The largest absolute Gasteiger partial charge is 0.300 e. The maximum Gasteiger partial charge on any atom is 0.155 e. The number of ketones is 3. The van der Waals surface area contributed by atoms with E-state index in [1.54, 1.807) is 19.9 Å².